The van der Waals surface area contributed by atoms with Gasteiger partial charge in [-0.05, 0) is 23.8 Å². The lowest BCUT2D eigenvalue weighted by Crippen LogP contribution is -1.98. The first-order chi connectivity index (χ1) is 9.65. The summed E-state index contributed by atoms with van der Waals surface area (Å²) in [7, 11) is 1.48. The molecule has 2 aromatic rings. The molecule has 0 amide bonds. The van der Waals surface area contributed by atoms with Gasteiger partial charge < -0.3 is 10.1 Å². The largest absolute Gasteiger partial charge is 0.495 e. The van der Waals surface area contributed by atoms with Crippen molar-refractivity contribution < 1.29 is 9.13 Å². The van der Waals surface area contributed by atoms with Crippen LogP contribution in [-0.4, -0.2) is 27.7 Å². The van der Waals surface area contributed by atoms with Crippen molar-refractivity contribution in [2.24, 2.45) is 0 Å². The van der Waals surface area contributed by atoms with E-state index in [4.69, 9.17) is 10.00 Å². The molecule has 0 bridgehead atoms. The van der Waals surface area contributed by atoms with Gasteiger partial charge in [-0.2, -0.15) is 10.5 Å². The monoisotopic (exact) mass is 274 g/mol. The van der Waals surface area contributed by atoms with Crippen LogP contribution in [-0.2, 0) is 0 Å². The van der Waals surface area contributed by atoms with Crippen molar-refractivity contribution in [3.63, 3.8) is 0 Å². The van der Waals surface area contributed by atoms with E-state index in [0.29, 0.717) is 17.0 Å². The van der Waals surface area contributed by atoms with Crippen LogP contribution in [0.3, 0.4) is 0 Å². The van der Waals surface area contributed by atoms with Crippen LogP contribution in [0.5, 0.6) is 5.75 Å². The fraction of sp³-hybridized carbons (Fsp3) is 0.167. The molecule has 20 heavy (non-hydrogen) atoms. The molecule has 0 radical (unpaired) electrons. The van der Waals surface area contributed by atoms with Gasteiger partial charge in [0.1, 0.15) is 23.2 Å². The molecule has 1 aromatic heterocycles. The number of benzene rings is 1. The Kier molecular flexibility index (Phi) is 3.91. The number of methoxy groups -OCH3 is 1. The van der Waals surface area contributed by atoms with E-state index in [1.165, 1.54) is 19.4 Å². The van der Waals surface area contributed by atoms with E-state index < -0.39 is 0 Å². The molecule has 0 saturated carbocycles. The standard InChI is InChI=1S/C12H11FN6O/c1-7-3-11(20-2)10(4-9(7)13)15-6-8(5-14)12-16-18-19-17-12/h3-4,6,15H,1-2H3,(H,16,17,18,19). The Balaban J connectivity index is 2.30. The zero-order valence-electron chi connectivity index (χ0n) is 10.8. The van der Waals surface area contributed by atoms with E-state index in [0.717, 1.165) is 0 Å². The van der Waals surface area contributed by atoms with Crippen LogP contribution in [0.4, 0.5) is 10.1 Å². The van der Waals surface area contributed by atoms with E-state index in [9.17, 15) is 4.39 Å². The third kappa shape index (κ3) is 2.72. The minimum Gasteiger partial charge on any atom is -0.495 e. The number of aryl methyl sites for hydroxylation is 1. The number of rotatable bonds is 4. The Bertz CT molecular complexity index is 674. The number of ether oxygens (including phenoxy) is 1. The zero-order chi connectivity index (χ0) is 14.5. The number of anilines is 1. The van der Waals surface area contributed by atoms with Crippen LogP contribution in [0.25, 0.3) is 5.57 Å². The molecule has 0 aliphatic heterocycles. The van der Waals surface area contributed by atoms with E-state index in [1.807, 2.05) is 6.07 Å². The van der Waals surface area contributed by atoms with E-state index >= 15 is 0 Å². The second-order valence-electron chi connectivity index (χ2n) is 3.85. The summed E-state index contributed by atoms with van der Waals surface area (Å²) >= 11 is 0. The Morgan fingerprint density at radius 2 is 2.35 bits per heavy atom. The average molecular weight is 274 g/mol. The lowest BCUT2D eigenvalue weighted by Gasteiger charge is -2.10. The number of aromatic amines is 1. The van der Waals surface area contributed by atoms with Crippen LogP contribution in [0.15, 0.2) is 18.3 Å². The van der Waals surface area contributed by atoms with Crippen molar-refractivity contribution >= 4 is 11.3 Å². The van der Waals surface area contributed by atoms with Crippen molar-refractivity contribution in [3.05, 3.63) is 35.5 Å². The number of aromatic nitrogens is 4. The fourth-order valence-electron chi connectivity index (χ4n) is 1.51. The third-order valence-electron chi connectivity index (χ3n) is 2.56. The maximum Gasteiger partial charge on any atom is 0.216 e. The van der Waals surface area contributed by atoms with Gasteiger partial charge in [0.15, 0.2) is 0 Å². The SMILES string of the molecule is COc1cc(C)c(F)cc1NC=C(C#N)c1nn[nH]n1. The first-order valence-corrected chi connectivity index (χ1v) is 5.60. The zero-order valence-corrected chi connectivity index (χ0v) is 10.8. The number of nitrogens with one attached hydrogen (secondary N) is 2. The summed E-state index contributed by atoms with van der Waals surface area (Å²) in [5, 5.41) is 24.8. The molecule has 8 heteroatoms. The van der Waals surface area contributed by atoms with Gasteiger partial charge in [0.05, 0.1) is 12.8 Å². The highest BCUT2D eigenvalue weighted by Gasteiger charge is 2.09. The Labute approximate surface area is 114 Å². The van der Waals surface area contributed by atoms with Crippen molar-refractivity contribution in [2.75, 3.05) is 12.4 Å². The quantitative estimate of drug-likeness (QED) is 0.822. The maximum atomic E-state index is 13.6. The van der Waals surface area contributed by atoms with E-state index in [1.54, 1.807) is 13.0 Å². The highest BCUT2D eigenvalue weighted by molar-refractivity contribution is 5.75. The number of hydrogen-bond donors (Lipinski definition) is 2. The molecule has 0 unspecified atom stereocenters. The molecule has 7 nitrogen and oxygen atoms in total. The predicted octanol–water partition coefficient (Wildman–Crippen LogP) is 1.63. The Hall–Kier alpha value is -2.95. The summed E-state index contributed by atoms with van der Waals surface area (Å²) in [6.45, 7) is 1.64. The van der Waals surface area contributed by atoms with Gasteiger partial charge in [-0.15, -0.1) is 10.2 Å². The molecule has 1 heterocycles. The van der Waals surface area contributed by atoms with Gasteiger partial charge in [0, 0.05) is 12.3 Å². The molecule has 102 valence electrons. The number of H-pyrrole nitrogens is 1. The third-order valence-corrected chi connectivity index (χ3v) is 2.56. The summed E-state index contributed by atoms with van der Waals surface area (Å²) < 4.78 is 18.7. The van der Waals surface area contributed by atoms with Crippen LogP contribution >= 0.6 is 0 Å². The molecule has 0 aliphatic rings. The molecule has 0 atom stereocenters. The number of nitriles is 1. The summed E-state index contributed by atoms with van der Waals surface area (Å²) in [4.78, 5) is 0. The van der Waals surface area contributed by atoms with E-state index in [2.05, 4.69) is 25.9 Å². The molecular formula is C12H11FN6O. The lowest BCUT2D eigenvalue weighted by atomic mass is 10.2. The van der Waals surface area contributed by atoms with Gasteiger partial charge >= 0.3 is 0 Å². The molecule has 0 aliphatic carbocycles. The number of tetrazole rings is 1. The second-order valence-corrected chi connectivity index (χ2v) is 3.85. The highest BCUT2D eigenvalue weighted by atomic mass is 19.1. The van der Waals surface area contributed by atoms with Crippen molar-refractivity contribution in [3.8, 4) is 11.8 Å². The molecule has 1 aromatic carbocycles. The maximum absolute atomic E-state index is 13.6. The van der Waals surface area contributed by atoms with Crippen LogP contribution < -0.4 is 10.1 Å². The fourth-order valence-corrected chi connectivity index (χ4v) is 1.51. The highest BCUT2D eigenvalue weighted by Crippen LogP contribution is 2.27. The number of hydrogen-bond acceptors (Lipinski definition) is 6. The first kappa shape index (κ1) is 13.5. The van der Waals surface area contributed by atoms with Gasteiger partial charge in [-0.3, -0.25) is 0 Å². The molecular weight excluding hydrogens is 263 g/mol. The Morgan fingerprint density at radius 1 is 1.55 bits per heavy atom. The number of allylic oxidation sites excluding steroid dienone is 1. The molecule has 0 spiro atoms. The Morgan fingerprint density at radius 3 is 2.95 bits per heavy atom. The summed E-state index contributed by atoms with van der Waals surface area (Å²) in [6, 6.07) is 4.77. The summed E-state index contributed by atoms with van der Waals surface area (Å²) in [6.07, 6.45) is 1.36. The van der Waals surface area contributed by atoms with Gasteiger partial charge in [-0.1, -0.05) is 0 Å². The van der Waals surface area contributed by atoms with Crippen LogP contribution in [0.2, 0.25) is 0 Å². The van der Waals surface area contributed by atoms with Gasteiger partial charge in [-0.25, -0.2) is 4.39 Å². The van der Waals surface area contributed by atoms with Crippen molar-refractivity contribution in [2.45, 2.75) is 6.92 Å². The molecule has 0 fully saturated rings. The minimum absolute atomic E-state index is 0.145. The number of halogens is 1. The van der Waals surface area contributed by atoms with Crippen LogP contribution in [0.1, 0.15) is 11.4 Å². The molecule has 2 N–H and O–H groups in total. The normalized spacial score (nSPS) is 11.0. The summed E-state index contributed by atoms with van der Waals surface area (Å²) in [5.41, 5.74) is 1.02. The average Bonchev–Trinajstić information content (AvgIpc) is 2.97. The second kappa shape index (κ2) is 5.79. The van der Waals surface area contributed by atoms with E-state index in [-0.39, 0.29) is 17.2 Å². The minimum atomic E-state index is -0.375. The van der Waals surface area contributed by atoms with Gasteiger partial charge in [0.25, 0.3) is 0 Å². The smallest absolute Gasteiger partial charge is 0.216 e. The summed E-state index contributed by atoms with van der Waals surface area (Å²) in [5.74, 6) is 0.233. The lowest BCUT2D eigenvalue weighted by molar-refractivity contribution is 0.415. The number of nitrogens with zero attached hydrogens (tertiary/aromatic N) is 4. The molecule has 0 saturated heterocycles. The van der Waals surface area contributed by atoms with Crippen LogP contribution in [0, 0.1) is 24.1 Å². The van der Waals surface area contributed by atoms with Gasteiger partial charge in [0.2, 0.25) is 5.82 Å². The molecule has 2 rings (SSSR count). The predicted molar refractivity (Wildman–Crippen MR) is 69.1 cm³/mol. The van der Waals surface area contributed by atoms with Crippen molar-refractivity contribution in [1.29, 1.82) is 5.26 Å². The topological polar surface area (TPSA) is 99.5 Å². The van der Waals surface area contributed by atoms with Crippen molar-refractivity contribution in [1.82, 2.24) is 20.6 Å². The first-order valence-electron chi connectivity index (χ1n) is 5.60.